The summed E-state index contributed by atoms with van der Waals surface area (Å²) in [5.41, 5.74) is 0. The zero-order valence-electron chi connectivity index (χ0n) is 11.4. The van der Waals surface area contributed by atoms with Gasteiger partial charge in [-0.15, -0.1) is 0 Å². The van der Waals surface area contributed by atoms with E-state index in [1.807, 2.05) is 20.8 Å². The van der Waals surface area contributed by atoms with Crippen molar-refractivity contribution < 1.29 is 28.9 Å². The van der Waals surface area contributed by atoms with Crippen LogP contribution in [0.5, 0.6) is 23.0 Å². The molecule has 0 aromatic heterocycles. The second-order valence-electron chi connectivity index (χ2n) is 3.49. The first kappa shape index (κ1) is 15.5. The van der Waals surface area contributed by atoms with E-state index in [1.165, 1.54) is 12.1 Å². The minimum atomic E-state index is -1.90. The molecule has 0 saturated heterocycles. The first-order chi connectivity index (χ1) is 9.12. The van der Waals surface area contributed by atoms with Gasteiger partial charge in [-0.25, -0.2) is 0 Å². The molecule has 2 N–H and O–H groups in total. The summed E-state index contributed by atoms with van der Waals surface area (Å²) in [6, 6.07) is 3.05. The standard InChI is InChI=1S/C12H19BO6/c1-4-16-10-7-9(19-13(14)15)8-11(17-5-2)12(10)18-6-3/h7-8,14-15H,4-6H2,1-3H3. The Morgan fingerprint density at radius 1 is 0.895 bits per heavy atom. The van der Waals surface area contributed by atoms with Crippen molar-refractivity contribution in [1.29, 1.82) is 0 Å². The van der Waals surface area contributed by atoms with E-state index in [1.54, 1.807) is 0 Å². The fourth-order valence-electron chi connectivity index (χ4n) is 1.55. The van der Waals surface area contributed by atoms with Crippen LogP contribution in [0.15, 0.2) is 12.1 Å². The molecule has 0 saturated carbocycles. The van der Waals surface area contributed by atoms with Gasteiger partial charge in [0.05, 0.1) is 19.8 Å². The van der Waals surface area contributed by atoms with Crippen LogP contribution in [0.4, 0.5) is 0 Å². The highest BCUT2D eigenvalue weighted by atomic mass is 16.6. The van der Waals surface area contributed by atoms with Crippen molar-refractivity contribution in [3.63, 3.8) is 0 Å². The third kappa shape index (κ3) is 4.53. The summed E-state index contributed by atoms with van der Waals surface area (Å²) in [6.07, 6.45) is 0. The van der Waals surface area contributed by atoms with Gasteiger partial charge in [0.25, 0.3) is 0 Å². The molecule has 0 heterocycles. The van der Waals surface area contributed by atoms with E-state index in [9.17, 15) is 0 Å². The van der Waals surface area contributed by atoms with Gasteiger partial charge in [-0.2, -0.15) is 0 Å². The Hall–Kier alpha value is -1.60. The number of ether oxygens (including phenoxy) is 3. The lowest BCUT2D eigenvalue weighted by molar-refractivity contribution is 0.255. The van der Waals surface area contributed by atoms with Crippen LogP contribution in [0.25, 0.3) is 0 Å². The summed E-state index contributed by atoms with van der Waals surface area (Å²) in [5.74, 6) is 1.58. The van der Waals surface area contributed by atoms with Crippen molar-refractivity contribution in [3.8, 4) is 23.0 Å². The maximum absolute atomic E-state index is 8.84. The minimum Gasteiger partial charge on any atom is -0.512 e. The fraction of sp³-hybridized carbons (Fsp3) is 0.500. The molecular weight excluding hydrogens is 251 g/mol. The third-order valence-corrected chi connectivity index (χ3v) is 2.12. The molecule has 1 rings (SSSR count). The Balaban J connectivity index is 3.17. The number of rotatable bonds is 8. The van der Waals surface area contributed by atoms with E-state index < -0.39 is 7.32 Å². The van der Waals surface area contributed by atoms with Crippen LogP contribution in [-0.4, -0.2) is 37.2 Å². The average molecular weight is 270 g/mol. The van der Waals surface area contributed by atoms with Gasteiger partial charge in [-0.1, -0.05) is 0 Å². The molecule has 0 aliphatic heterocycles. The summed E-state index contributed by atoms with van der Waals surface area (Å²) in [4.78, 5) is 0. The smallest absolute Gasteiger partial charge is 0.512 e. The van der Waals surface area contributed by atoms with Crippen LogP contribution in [0, 0.1) is 0 Å². The lowest BCUT2D eigenvalue weighted by Crippen LogP contribution is -2.20. The zero-order valence-corrected chi connectivity index (χ0v) is 11.4. The average Bonchev–Trinajstić information content (AvgIpc) is 2.33. The minimum absolute atomic E-state index is 0.227. The monoisotopic (exact) mass is 270 g/mol. The Morgan fingerprint density at radius 2 is 1.37 bits per heavy atom. The SMILES string of the molecule is CCOc1cc(OB(O)O)cc(OCC)c1OCC. The summed E-state index contributed by atoms with van der Waals surface area (Å²) in [7, 11) is -1.90. The van der Waals surface area contributed by atoms with Crippen LogP contribution in [0.2, 0.25) is 0 Å². The number of benzene rings is 1. The van der Waals surface area contributed by atoms with Gasteiger partial charge < -0.3 is 28.9 Å². The van der Waals surface area contributed by atoms with Gasteiger partial charge >= 0.3 is 7.32 Å². The summed E-state index contributed by atoms with van der Waals surface area (Å²) >= 11 is 0. The molecule has 1 aromatic carbocycles. The van der Waals surface area contributed by atoms with Crippen molar-refractivity contribution in [3.05, 3.63) is 12.1 Å². The van der Waals surface area contributed by atoms with Crippen molar-refractivity contribution in [2.45, 2.75) is 20.8 Å². The molecule has 0 spiro atoms. The van der Waals surface area contributed by atoms with E-state index in [0.29, 0.717) is 37.1 Å². The first-order valence-electron chi connectivity index (χ1n) is 6.21. The quantitative estimate of drug-likeness (QED) is 0.692. The zero-order chi connectivity index (χ0) is 14.3. The molecule has 0 unspecified atom stereocenters. The highest BCUT2D eigenvalue weighted by Gasteiger charge is 2.18. The number of hydrogen-bond acceptors (Lipinski definition) is 6. The molecule has 7 heteroatoms. The van der Waals surface area contributed by atoms with E-state index in [0.717, 1.165) is 0 Å². The highest BCUT2D eigenvalue weighted by Crippen LogP contribution is 2.41. The van der Waals surface area contributed by atoms with Crippen molar-refractivity contribution in [2.24, 2.45) is 0 Å². The molecule has 0 aliphatic carbocycles. The molecule has 0 amide bonds. The molecule has 0 fully saturated rings. The topological polar surface area (TPSA) is 77.4 Å². The van der Waals surface area contributed by atoms with Gasteiger partial charge in [0.1, 0.15) is 5.75 Å². The maximum atomic E-state index is 8.84. The van der Waals surface area contributed by atoms with Crippen LogP contribution in [-0.2, 0) is 0 Å². The van der Waals surface area contributed by atoms with Gasteiger partial charge in [-0.3, -0.25) is 0 Å². The predicted octanol–water partition coefficient (Wildman–Crippen LogP) is 1.23. The van der Waals surface area contributed by atoms with Gasteiger partial charge in [0, 0.05) is 12.1 Å². The Bertz CT molecular complexity index is 369. The molecule has 106 valence electrons. The van der Waals surface area contributed by atoms with Crippen LogP contribution >= 0.6 is 0 Å². The normalized spacial score (nSPS) is 9.95. The van der Waals surface area contributed by atoms with Crippen molar-refractivity contribution >= 4 is 7.32 Å². The van der Waals surface area contributed by atoms with Crippen LogP contribution in [0.3, 0.4) is 0 Å². The Labute approximate surface area is 113 Å². The predicted molar refractivity (Wildman–Crippen MR) is 70.8 cm³/mol. The third-order valence-electron chi connectivity index (χ3n) is 2.12. The summed E-state index contributed by atoms with van der Waals surface area (Å²) in [6.45, 7) is 6.87. The highest BCUT2D eigenvalue weighted by molar-refractivity contribution is 6.33. The molecule has 0 radical (unpaired) electrons. The number of hydrogen-bond donors (Lipinski definition) is 2. The van der Waals surface area contributed by atoms with Crippen LogP contribution < -0.4 is 18.9 Å². The first-order valence-corrected chi connectivity index (χ1v) is 6.21. The molecule has 1 aromatic rings. The van der Waals surface area contributed by atoms with E-state index >= 15 is 0 Å². The molecule has 0 atom stereocenters. The lowest BCUT2D eigenvalue weighted by Gasteiger charge is -2.17. The summed E-state index contributed by atoms with van der Waals surface area (Å²) in [5, 5.41) is 17.7. The van der Waals surface area contributed by atoms with E-state index in [4.69, 9.17) is 28.9 Å². The van der Waals surface area contributed by atoms with Gasteiger partial charge in [-0.05, 0) is 20.8 Å². The molecule has 6 nitrogen and oxygen atoms in total. The molecule has 0 bridgehead atoms. The second kappa shape index (κ2) is 7.76. The largest absolute Gasteiger partial charge is 0.707 e. The summed E-state index contributed by atoms with van der Waals surface area (Å²) < 4.78 is 21.2. The Morgan fingerprint density at radius 3 is 1.74 bits per heavy atom. The molecular formula is C12H19BO6. The maximum Gasteiger partial charge on any atom is 0.707 e. The molecule has 0 aliphatic rings. The van der Waals surface area contributed by atoms with E-state index in [2.05, 4.69) is 0 Å². The van der Waals surface area contributed by atoms with Crippen molar-refractivity contribution in [2.75, 3.05) is 19.8 Å². The second-order valence-corrected chi connectivity index (χ2v) is 3.49. The van der Waals surface area contributed by atoms with Gasteiger partial charge in [0.15, 0.2) is 11.5 Å². The fourth-order valence-corrected chi connectivity index (χ4v) is 1.55. The molecule has 19 heavy (non-hydrogen) atoms. The van der Waals surface area contributed by atoms with Crippen molar-refractivity contribution in [1.82, 2.24) is 0 Å². The Kier molecular flexibility index (Phi) is 6.31. The van der Waals surface area contributed by atoms with Gasteiger partial charge in [0.2, 0.25) is 5.75 Å². The van der Waals surface area contributed by atoms with Crippen LogP contribution in [0.1, 0.15) is 20.8 Å². The van der Waals surface area contributed by atoms with E-state index in [-0.39, 0.29) is 5.75 Å². The lowest BCUT2D eigenvalue weighted by atomic mass is 10.2.